The van der Waals surface area contributed by atoms with Crippen molar-refractivity contribution < 1.29 is 17.5 Å². The SMILES string of the molecule is NS(=O)(=O)c1ccc(Oc2cc(F)ccc2Br)c(Br)c1. The van der Waals surface area contributed by atoms with Crippen molar-refractivity contribution in [2.24, 2.45) is 5.14 Å². The molecule has 0 aliphatic rings. The maximum atomic E-state index is 13.2. The lowest BCUT2D eigenvalue weighted by Crippen LogP contribution is -2.11. The number of ether oxygens (including phenoxy) is 1. The van der Waals surface area contributed by atoms with Crippen LogP contribution in [0.4, 0.5) is 4.39 Å². The second-order valence-corrected chi connectivity index (χ2v) is 7.08. The number of benzene rings is 2. The molecule has 2 N–H and O–H groups in total. The maximum Gasteiger partial charge on any atom is 0.238 e. The van der Waals surface area contributed by atoms with Crippen molar-refractivity contribution in [3.63, 3.8) is 0 Å². The molecule has 106 valence electrons. The van der Waals surface area contributed by atoms with E-state index in [2.05, 4.69) is 31.9 Å². The fourth-order valence-corrected chi connectivity index (χ4v) is 2.89. The van der Waals surface area contributed by atoms with Crippen LogP contribution in [0.15, 0.2) is 50.2 Å². The van der Waals surface area contributed by atoms with E-state index in [0.29, 0.717) is 14.7 Å². The Kier molecular flexibility index (Phi) is 4.48. The van der Waals surface area contributed by atoms with Gasteiger partial charge in [-0.05, 0) is 62.2 Å². The topological polar surface area (TPSA) is 69.4 Å². The fourth-order valence-electron chi connectivity index (χ4n) is 1.42. The Morgan fingerprint density at radius 3 is 2.30 bits per heavy atom. The molecule has 2 aromatic carbocycles. The molecule has 2 aromatic rings. The van der Waals surface area contributed by atoms with Gasteiger partial charge in [-0.3, -0.25) is 0 Å². The molecule has 0 bridgehead atoms. The number of primary sulfonamides is 1. The van der Waals surface area contributed by atoms with Crippen LogP contribution >= 0.6 is 31.9 Å². The van der Waals surface area contributed by atoms with Crippen LogP contribution in [0.25, 0.3) is 0 Å². The number of nitrogens with two attached hydrogens (primary N) is 1. The summed E-state index contributed by atoms with van der Waals surface area (Å²) < 4.78 is 42.1. The van der Waals surface area contributed by atoms with Crippen molar-refractivity contribution in [3.8, 4) is 11.5 Å². The summed E-state index contributed by atoms with van der Waals surface area (Å²) >= 11 is 6.42. The summed E-state index contributed by atoms with van der Waals surface area (Å²) in [6.07, 6.45) is 0. The Labute approximate surface area is 132 Å². The van der Waals surface area contributed by atoms with Crippen LogP contribution in [0.2, 0.25) is 0 Å². The molecule has 8 heteroatoms. The van der Waals surface area contributed by atoms with Gasteiger partial charge >= 0.3 is 0 Å². The minimum atomic E-state index is -3.78. The minimum Gasteiger partial charge on any atom is -0.455 e. The summed E-state index contributed by atoms with van der Waals surface area (Å²) in [7, 11) is -3.78. The van der Waals surface area contributed by atoms with Crippen molar-refractivity contribution in [2.45, 2.75) is 4.90 Å². The smallest absolute Gasteiger partial charge is 0.238 e. The first kappa shape index (κ1) is 15.4. The van der Waals surface area contributed by atoms with Gasteiger partial charge in [-0.1, -0.05) is 0 Å². The van der Waals surface area contributed by atoms with Crippen LogP contribution in [0.5, 0.6) is 11.5 Å². The van der Waals surface area contributed by atoms with E-state index in [1.807, 2.05) is 0 Å². The van der Waals surface area contributed by atoms with E-state index < -0.39 is 15.8 Å². The Hall–Kier alpha value is -0.960. The molecule has 0 amide bonds. The molecule has 0 unspecified atom stereocenters. The molecule has 0 fully saturated rings. The average Bonchev–Trinajstić information content (AvgIpc) is 2.35. The van der Waals surface area contributed by atoms with E-state index in [0.717, 1.165) is 0 Å². The van der Waals surface area contributed by atoms with Crippen LogP contribution in [0.1, 0.15) is 0 Å². The average molecular weight is 425 g/mol. The highest BCUT2D eigenvalue weighted by molar-refractivity contribution is 9.11. The molecule has 0 spiro atoms. The highest BCUT2D eigenvalue weighted by Crippen LogP contribution is 2.35. The second-order valence-electron chi connectivity index (χ2n) is 3.81. The van der Waals surface area contributed by atoms with Gasteiger partial charge in [0.15, 0.2) is 0 Å². The Morgan fingerprint density at radius 1 is 1.00 bits per heavy atom. The Morgan fingerprint density at radius 2 is 1.70 bits per heavy atom. The zero-order valence-electron chi connectivity index (χ0n) is 9.81. The summed E-state index contributed by atoms with van der Waals surface area (Å²) in [6, 6.07) is 8.07. The highest BCUT2D eigenvalue weighted by atomic mass is 79.9. The van der Waals surface area contributed by atoms with Crippen molar-refractivity contribution in [2.75, 3.05) is 0 Å². The quantitative estimate of drug-likeness (QED) is 0.814. The second kappa shape index (κ2) is 5.80. The fraction of sp³-hybridized carbons (Fsp3) is 0. The molecule has 2 rings (SSSR count). The van der Waals surface area contributed by atoms with E-state index >= 15 is 0 Å². The van der Waals surface area contributed by atoms with E-state index in [-0.39, 0.29) is 10.6 Å². The molecule has 0 aromatic heterocycles. The standard InChI is InChI=1S/C12H8Br2FNO3S/c13-9-3-1-7(15)5-12(9)19-11-4-2-8(6-10(11)14)20(16,17)18/h1-6H,(H2,16,17,18). The van der Waals surface area contributed by atoms with Gasteiger partial charge in [0.05, 0.1) is 13.8 Å². The van der Waals surface area contributed by atoms with Crippen LogP contribution in [-0.2, 0) is 10.0 Å². The van der Waals surface area contributed by atoms with E-state index in [9.17, 15) is 12.8 Å². The Balaban J connectivity index is 2.38. The summed E-state index contributed by atoms with van der Waals surface area (Å²) in [5.41, 5.74) is 0. The summed E-state index contributed by atoms with van der Waals surface area (Å²) in [4.78, 5) is -0.0463. The third-order valence-electron chi connectivity index (χ3n) is 2.35. The first-order valence-corrected chi connectivity index (χ1v) is 8.36. The molecule has 0 aliphatic heterocycles. The zero-order valence-corrected chi connectivity index (χ0v) is 13.8. The molecular formula is C12H8Br2FNO3S. The van der Waals surface area contributed by atoms with Crippen LogP contribution < -0.4 is 9.88 Å². The molecular weight excluding hydrogens is 417 g/mol. The van der Waals surface area contributed by atoms with Crippen molar-refractivity contribution in [1.82, 2.24) is 0 Å². The summed E-state index contributed by atoms with van der Waals surface area (Å²) in [5, 5.41) is 5.03. The first-order valence-electron chi connectivity index (χ1n) is 5.22. The third-order valence-corrected chi connectivity index (χ3v) is 4.53. The van der Waals surface area contributed by atoms with Gasteiger partial charge in [0.1, 0.15) is 17.3 Å². The van der Waals surface area contributed by atoms with E-state index in [4.69, 9.17) is 9.88 Å². The van der Waals surface area contributed by atoms with E-state index in [1.54, 1.807) is 0 Å². The number of sulfonamides is 1. The first-order chi connectivity index (χ1) is 9.27. The lowest BCUT2D eigenvalue weighted by Gasteiger charge is -2.10. The van der Waals surface area contributed by atoms with Crippen LogP contribution in [-0.4, -0.2) is 8.42 Å². The molecule has 4 nitrogen and oxygen atoms in total. The zero-order chi connectivity index (χ0) is 14.9. The molecule has 0 radical (unpaired) electrons. The number of hydrogen-bond donors (Lipinski definition) is 1. The lowest BCUT2D eigenvalue weighted by atomic mass is 10.3. The van der Waals surface area contributed by atoms with Crippen LogP contribution in [0.3, 0.4) is 0 Å². The number of hydrogen-bond acceptors (Lipinski definition) is 3. The van der Waals surface area contributed by atoms with Gasteiger partial charge in [-0.2, -0.15) is 0 Å². The predicted molar refractivity (Wildman–Crippen MR) is 79.7 cm³/mol. The molecule has 0 saturated heterocycles. The molecule has 0 saturated carbocycles. The van der Waals surface area contributed by atoms with Gasteiger partial charge in [0, 0.05) is 6.07 Å². The van der Waals surface area contributed by atoms with E-state index in [1.165, 1.54) is 36.4 Å². The maximum absolute atomic E-state index is 13.2. The normalized spacial score (nSPS) is 11.4. The highest BCUT2D eigenvalue weighted by Gasteiger charge is 2.12. The van der Waals surface area contributed by atoms with Gasteiger partial charge < -0.3 is 4.74 Å². The Bertz CT molecular complexity index is 765. The minimum absolute atomic E-state index is 0.0463. The summed E-state index contributed by atoms with van der Waals surface area (Å²) in [6.45, 7) is 0. The summed E-state index contributed by atoms with van der Waals surface area (Å²) in [5.74, 6) is 0.165. The number of halogens is 3. The molecule has 0 atom stereocenters. The monoisotopic (exact) mass is 423 g/mol. The third kappa shape index (κ3) is 3.57. The largest absolute Gasteiger partial charge is 0.455 e. The molecule has 0 aliphatic carbocycles. The van der Waals surface area contributed by atoms with Gasteiger partial charge in [0.25, 0.3) is 0 Å². The van der Waals surface area contributed by atoms with Crippen molar-refractivity contribution >= 4 is 41.9 Å². The molecule has 20 heavy (non-hydrogen) atoms. The number of rotatable bonds is 3. The lowest BCUT2D eigenvalue weighted by molar-refractivity contribution is 0.470. The molecule has 0 heterocycles. The van der Waals surface area contributed by atoms with Gasteiger partial charge in [-0.15, -0.1) is 0 Å². The van der Waals surface area contributed by atoms with Gasteiger partial charge in [-0.25, -0.2) is 17.9 Å². The van der Waals surface area contributed by atoms with Crippen molar-refractivity contribution in [3.05, 3.63) is 51.2 Å². The predicted octanol–water partition coefficient (Wildman–Crippen LogP) is 3.79. The van der Waals surface area contributed by atoms with Crippen LogP contribution in [0, 0.1) is 5.82 Å². The van der Waals surface area contributed by atoms with Gasteiger partial charge in [0.2, 0.25) is 10.0 Å². The van der Waals surface area contributed by atoms with Crippen molar-refractivity contribution in [1.29, 1.82) is 0 Å².